The van der Waals surface area contributed by atoms with Crippen molar-refractivity contribution in [3.63, 3.8) is 0 Å². The van der Waals surface area contributed by atoms with Crippen LogP contribution in [-0.4, -0.2) is 55.6 Å². The van der Waals surface area contributed by atoms with Gasteiger partial charge in [-0.15, -0.1) is 22.7 Å². The number of phenols is 1. The lowest BCUT2D eigenvalue weighted by atomic mass is 9.92. The summed E-state index contributed by atoms with van der Waals surface area (Å²) in [7, 11) is 0. The lowest BCUT2D eigenvalue weighted by Crippen LogP contribution is -2.12. The molecule has 0 saturated carbocycles. The van der Waals surface area contributed by atoms with Gasteiger partial charge in [0.05, 0.1) is 65.2 Å². The maximum absolute atomic E-state index is 12.0. The molecular formula is C38H40Br2N4O9S2. The van der Waals surface area contributed by atoms with Crippen molar-refractivity contribution in [2.24, 2.45) is 0 Å². The minimum atomic E-state index is -0.288. The monoisotopic (exact) mass is 918 g/mol. The third-order valence-corrected chi connectivity index (χ3v) is 11.0. The second-order valence-corrected chi connectivity index (χ2v) is 16.2. The average Bonchev–Trinajstić information content (AvgIpc) is 4.00. The third-order valence-electron chi connectivity index (χ3n) is 7.81. The van der Waals surface area contributed by atoms with Crippen molar-refractivity contribution < 1.29 is 43.1 Å². The van der Waals surface area contributed by atoms with Crippen LogP contribution >= 0.6 is 54.5 Å². The van der Waals surface area contributed by atoms with Crippen LogP contribution in [0.15, 0.2) is 90.1 Å². The fourth-order valence-corrected chi connectivity index (χ4v) is 8.13. The van der Waals surface area contributed by atoms with Gasteiger partial charge in [0.1, 0.15) is 30.6 Å². The molecular weight excluding hydrogens is 880 g/mol. The van der Waals surface area contributed by atoms with E-state index in [1.54, 1.807) is 61.6 Å². The predicted molar refractivity (Wildman–Crippen MR) is 213 cm³/mol. The van der Waals surface area contributed by atoms with Crippen LogP contribution in [0.4, 0.5) is 0 Å². The number of phenolic OH excluding ortho intramolecular Hbond substituents is 1. The number of carbonyl (C=O) groups excluding carboxylic acids is 2. The number of aryl methyl sites for hydroxylation is 2. The standard InChI is InChI=1S/C19H19BrN2O4S.C14H15NO4.C5H6BrNOS/c1-3-24-18(23)10-15(16-8-9-26-22-16)13-4-6-14(7-5-13)25-11-17-12(2)21-19(20)27-17;1-2-18-14(17)9-12(13-7-8-19-15-13)10-3-5-11(16)6-4-10;1-3-4(2-8)9-5(6)7-3/h4-9,15H,3,10-11H2,1-2H3;3-8,12,16H,2,9H2,1H3;8H,2H2,1H3/t15-;12-;/m00./s1. The molecule has 13 nitrogen and oxygen atoms in total. The molecule has 2 aromatic carbocycles. The summed E-state index contributed by atoms with van der Waals surface area (Å²) in [5.41, 5.74) is 5.06. The van der Waals surface area contributed by atoms with Crippen LogP contribution in [0.25, 0.3) is 0 Å². The minimum Gasteiger partial charge on any atom is -0.508 e. The summed E-state index contributed by atoms with van der Waals surface area (Å²) in [4.78, 5) is 34.0. The van der Waals surface area contributed by atoms with Gasteiger partial charge in [-0.3, -0.25) is 9.59 Å². The smallest absolute Gasteiger partial charge is 0.306 e. The fraction of sp³-hybridized carbons (Fsp3) is 0.316. The first kappa shape index (κ1) is 43.3. The van der Waals surface area contributed by atoms with Crippen LogP contribution in [-0.2, 0) is 32.3 Å². The molecule has 17 heteroatoms. The highest BCUT2D eigenvalue weighted by molar-refractivity contribution is 9.11. The normalized spacial score (nSPS) is 11.7. The number of carbonyl (C=O) groups is 2. The molecule has 2 atom stereocenters. The number of aromatic hydroxyl groups is 1. The second-order valence-electron chi connectivity index (χ2n) is 11.5. The highest BCUT2D eigenvalue weighted by Crippen LogP contribution is 2.31. The summed E-state index contributed by atoms with van der Waals surface area (Å²) in [5, 5.41) is 25.9. The van der Waals surface area contributed by atoms with Crippen molar-refractivity contribution in [2.75, 3.05) is 13.2 Å². The Bertz CT molecular complexity index is 2040. The maximum atomic E-state index is 12.0. The number of halogens is 2. The third kappa shape index (κ3) is 13.7. The van der Waals surface area contributed by atoms with E-state index in [9.17, 15) is 14.7 Å². The lowest BCUT2D eigenvalue weighted by molar-refractivity contribution is -0.144. The topological polar surface area (TPSA) is 180 Å². The van der Waals surface area contributed by atoms with Crippen molar-refractivity contribution in [1.29, 1.82) is 0 Å². The zero-order chi connectivity index (χ0) is 39.7. The van der Waals surface area contributed by atoms with E-state index in [1.165, 1.54) is 23.9 Å². The number of hydrogen-bond acceptors (Lipinski definition) is 15. The predicted octanol–water partition coefficient (Wildman–Crippen LogP) is 9.04. The Kier molecular flexibility index (Phi) is 17.5. The minimum absolute atomic E-state index is 0.0924. The SMILES string of the molecule is CCOC(=O)C[C@@H](c1ccc(O)cc1)c1ccon1.CCOC(=O)C[C@@H](c1ccc(OCc2sc(Br)nc2C)cc1)c1ccon1.Cc1nc(Br)sc1CO. The Balaban J connectivity index is 0.000000207. The number of benzene rings is 2. The molecule has 0 unspecified atom stereocenters. The molecule has 0 radical (unpaired) electrons. The molecule has 2 N–H and O–H groups in total. The molecule has 0 aliphatic carbocycles. The average molecular weight is 921 g/mol. The molecule has 0 amide bonds. The first-order valence-electron chi connectivity index (χ1n) is 17.0. The summed E-state index contributed by atoms with van der Waals surface area (Å²) in [6, 6.07) is 17.8. The number of esters is 2. The number of nitrogens with zero attached hydrogens (tertiary/aromatic N) is 4. The molecule has 0 fully saturated rings. The number of thiazole rings is 2. The van der Waals surface area contributed by atoms with Gasteiger partial charge < -0.3 is 33.5 Å². The van der Waals surface area contributed by atoms with Gasteiger partial charge in [0.15, 0.2) is 7.83 Å². The Morgan fingerprint density at radius 1 is 0.727 bits per heavy atom. The molecule has 0 aliphatic rings. The molecule has 292 valence electrons. The van der Waals surface area contributed by atoms with Gasteiger partial charge in [0, 0.05) is 24.0 Å². The van der Waals surface area contributed by atoms with Crippen molar-refractivity contribution >= 4 is 66.5 Å². The summed E-state index contributed by atoms with van der Waals surface area (Å²) in [6.45, 7) is 8.65. The molecule has 55 heavy (non-hydrogen) atoms. The lowest BCUT2D eigenvalue weighted by Gasteiger charge is -2.14. The van der Waals surface area contributed by atoms with E-state index >= 15 is 0 Å². The molecule has 6 rings (SSSR count). The van der Waals surface area contributed by atoms with Gasteiger partial charge in [-0.05, 0) is 94.9 Å². The number of ether oxygens (including phenoxy) is 3. The molecule has 6 aromatic rings. The van der Waals surface area contributed by atoms with E-state index in [-0.39, 0.29) is 49.0 Å². The quantitative estimate of drug-likeness (QED) is 0.0990. The number of hydrogen-bond donors (Lipinski definition) is 2. The van der Waals surface area contributed by atoms with Gasteiger partial charge >= 0.3 is 11.9 Å². The van der Waals surface area contributed by atoms with E-state index < -0.39 is 0 Å². The number of aromatic nitrogens is 4. The molecule has 0 saturated heterocycles. The Hall–Kier alpha value is -4.42. The van der Waals surface area contributed by atoms with E-state index in [1.807, 2.05) is 38.1 Å². The number of rotatable bonds is 14. The van der Waals surface area contributed by atoms with E-state index in [4.69, 9.17) is 28.4 Å². The summed E-state index contributed by atoms with van der Waals surface area (Å²) < 4.78 is 27.4. The van der Waals surface area contributed by atoms with Gasteiger partial charge in [0.25, 0.3) is 0 Å². The van der Waals surface area contributed by atoms with Crippen LogP contribution in [0.1, 0.15) is 82.2 Å². The maximum Gasteiger partial charge on any atom is 0.306 e. The van der Waals surface area contributed by atoms with Crippen LogP contribution in [0.3, 0.4) is 0 Å². The van der Waals surface area contributed by atoms with Crippen molar-refractivity contribution in [3.8, 4) is 11.5 Å². The second kappa shape index (κ2) is 22.2. The van der Waals surface area contributed by atoms with Crippen LogP contribution in [0.5, 0.6) is 11.5 Å². The highest BCUT2D eigenvalue weighted by Gasteiger charge is 2.23. The molecule has 4 aromatic heterocycles. The van der Waals surface area contributed by atoms with Crippen LogP contribution in [0.2, 0.25) is 0 Å². The zero-order valence-electron chi connectivity index (χ0n) is 30.4. The largest absolute Gasteiger partial charge is 0.508 e. The molecule has 0 aliphatic heterocycles. The van der Waals surface area contributed by atoms with E-state index in [0.717, 1.165) is 45.9 Å². The molecule has 4 heterocycles. The first-order chi connectivity index (χ1) is 26.5. The Morgan fingerprint density at radius 3 is 1.55 bits per heavy atom. The summed E-state index contributed by atoms with van der Waals surface area (Å²) in [5.74, 6) is -0.0907. The zero-order valence-corrected chi connectivity index (χ0v) is 35.2. The van der Waals surface area contributed by atoms with Crippen molar-refractivity contribution in [2.45, 2.75) is 65.6 Å². The fourth-order valence-electron chi connectivity index (χ4n) is 5.08. The number of aliphatic hydroxyl groups excluding tert-OH is 1. The van der Waals surface area contributed by atoms with Crippen LogP contribution < -0.4 is 4.74 Å². The number of aliphatic hydroxyl groups is 1. The first-order valence-corrected chi connectivity index (χ1v) is 20.2. The molecule has 0 spiro atoms. The van der Waals surface area contributed by atoms with Gasteiger partial charge in [0.2, 0.25) is 0 Å². The Morgan fingerprint density at radius 2 is 1.18 bits per heavy atom. The van der Waals surface area contributed by atoms with E-state index in [2.05, 4.69) is 52.1 Å². The Labute approximate surface area is 342 Å². The van der Waals surface area contributed by atoms with Gasteiger partial charge in [-0.2, -0.15) is 0 Å². The van der Waals surface area contributed by atoms with Gasteiger partial charge in [-0.1, -0.05) is 34.6 Å². The highest BCUT2D eigenvalue weighted by atomic mass is 79.9. The van der Waals surface area contributed by atoms with Crippen molar-refractivity contribution in [1.82, 2.24) is 20.3 Å². The summed E-state index contributed by atoms with van der Waals surface area (Å²) in [6.07, 6.45) is 3.36. The van der Waals surface area contributed by atoms with E-state index in [0.29, 0.717) is 31.2 Å². The van der Waals surface area contributed by atoms with Crippen LogP contribution in [0, 0.1) is 13.8 Å². The van der Waals surface area contributed by atoms with Gasteiger partial charge in [-0.25, -0.2) is 9.97 Å². The summed E-state index contributed by atoms with van der Waals surface area (Å²) >= 11 is 9.64. The van der Waals surface area contributed by atoms with Crippen molar-refractivity contribution in [3.05, 3.63) is 125 Å². The molecule has 0 bridgehead atoms.